The minimum atomic E-state index is -1.01. The molecule has 1 N–H and O–H groups in total. The Balaban J connectivity index is 1.48. The van der Waals surface area contributed by atoms with Crippen molar-refractivity contribution in [1.82, 2.24) is 4.57 Å². The molecule has 4 aromatic rings. The van der Waals surface area contributed by atoms with Gasteiger partial charge in [-0.2, -0.15) is 0 Å². The van der Waals surface area contributed by atoms with E-state index in [1.807, 2.05) is 30.3 Å². The summed E-state index contributed by atoms with van der Waals surface area (Å²) in [7, 11) is 0. The summed E-state index contributed by atoms with van der Waals surface area (Å²) in [6.45, 7) is 4.43. The molecule has 0 aliphatic carbocycles. The largest absolute Gasteiger partial charge is 0.452 e. The first-order valence-electron chi connectivity index (χ1n) is 10.2. The van der Waals surface area contributed by atoms with E-state index in [1.165, 1.54) is 19.1 Å². The van der Waals surface area contributed by atoms with Gasteiger partial charge in [-0.25, -0.2) is 4.39 Å². The van der Waals surface area contributed by atoms with Crippen molar-refractivity contribution in [2.24, 2.45) is 0 Å². The highest BCUT2D eigenvalue weighted by Crippen LogP contribution is 2.31. The van der Waals surface area contributed by atoms with E-state index in [2.05, 4.69) is 28.9 Å². The van der Waals surface area contributed by atoms with Crippen LogP contribution in [0.15, 0.2) is 66.7 Å². The van der Waals surface area contributed by atoms with Crippen molar-refractivity contribution in [3.05, 3.63) is 78.1 Å². The van der Waals surface area contributed by atoms with E-state index in [-0.39, 0.29) is 12.0 Å². The number of carbonyl (C=O) groups excluding carboxylic acids is 2. The number of amides is 1. The van der Waals surface area contributed by atoms with Crippen molar-refractivity contribution >= 4 is 39.4 Å². The fourth-order valence-corrected chi connectivity index (χ4v) is 3.81. The first kappa shape index (κ1) is 20.6. The Hall–Kier alpha value is -3.67. The van der Waals surface area contributed by atoms with Gasteiger partial charge in [0, 0.05) is 34.0 Å². The molecule has 1 heterocycles. The molecule has 0 aliphatic heterocycles. The number of aromatic nitrogens is 1. The Labute approximate surface area is 179 Å². The number of benzene rings is 3. The van der Waals surface area contributed by atoms with Gasteiger partial charge in [-0.3, -0.25) is 9.59 Å². The molecule has 3 aromatic carbocycles. The zero-order valence-corrected chi connectivity index (χ0v) is 17.4. The van der Waals surface area contributed by atoms with Crippen LogP contribution in [-0.2, 0) is 27.3 Å². The van der Waals surface area contributed by atoms with Crippen molar-refractivity contribution in [3.63, 3.8) is 0 Å². The summed E-state index contributed by atoms with van der Waals surface area (Å²) in [5.41, 5.74) is 3.08. The van der Waals surface area contributed by atoms with Gasteiger partial charge in [-0.15, -0.1) is 0 Å². The van der Waals surface area contributed by atoms with Crippen LogP contribution in [0.2, 0.25) is 0 Å². The molecule has 4 rings (SSSR count). The molecular formula is C25H23FN2O3. The van der Waals surface area contributed by atoms with Gasteiger partial charge in [0.05, 0.1) is 6.42 Å². The summed E-state index contributed by atoms with van der Waals surface area (Å²) in [6, 6.07) is 19.9. The van der Waals surface area contributed by atoms with Crippen LogP contribution in [0.25, 0.3) is 21.8 Å². The highest BCUT2D eigenvalue weighted by atomic mass is 19.1. The molecule has 0 aliphatic rings. The summed E-state index contributed by atoms with van der Waals surface area (Å²) in [5.74, 6) is -1.58. The van der Waals surface area contributed by atoms with E-state index in [0.717, 1.165) is 28.4 Å². The average molecular weight is 418 g/mol. The molecule has 5 nitrogen and oxygen atoms in total. The number of aryl methyl sites for hydroxylation is 1. The highest BCUT2D eigenvalue weighted by molar-refractivity contribution is 6.10. The van der Waals surface area contributed by atoms with Crippen LogP contribution in [-0.4, -0.2) is 22.5 Å². The van der Waals surface area contributed by atoms with Gasteiger partial charge < -0.3 is 14.6 Å². The van der Waals surface area contributed by atoms with Crippen LogP contribution in [0.4, 0.5) is 10.1 Å². The van der Waals surface area contributed by atoms with Gasteiger partial charge in [0.2, 0.25) is 0 Å². The number of hydrogen-bond acceptors (Lipinski definition) is 3. The van der Waals surface area contributed by atoms with E-state index in [4.69, 9.17) is 4.74 Å². The van der Waals surface area contributed by atoms with E-state index in [0.29, 0.717) is 5.69 Å². The summed E-state index contributed by atoms with van der Waals surface area (Å²) < 4.78 is 21.1. The van der Waals surface area contributed by atoms with Gasteiger partial charge in [0.25, 0.3) is 5.91 Å². The lowest BCUT2D eigenvalue weighted by atomic mass is 10.1. The van der Waals surface area contributed by atoms with Gasteiger partial charge in [-0.05, 0) is 49.7 Å². The molecule has 6 heteroatoms. The summed E-state index contributed by atoms with van der Waals surface area (Å²) >= 11 is 0. The predicted octanol–water partition coefficient (Wildman–Crippen LogP) is 5.07. The third kappa shape index (κ3) is 4.14. The fourth-order valence-electron chi connectivity index (χ4n) is 3.81. The zero-order valence-electron chi connectivity index (χ0n) is 17.4. The lowest BCUT2D eigenvalue weighted by Gasteiger charge is -2.14. The van der Waals surface area contributed by atoms with Gasteiger partial charge in [0.1, 0.15) is 5.82 Å². The number of nitrogens with one attached hydrogen (secondary N) is 1. The monoisotopic (exact) mass is 418 g/mol. The number of ether oxygens (including phenoxy) is 1. The van der Waals surface area contributed by atoms with Crippen LogP contribution >= 0.6 is 0 Å². The molecular weight excluding hydrogens is 395 g/mol. The Morgan fingerprint density at radius 1 is 1.00 bits per heavy atom. The van der Waals surface area contributed by atoms with Crippen molar-refractivity contribution in [2.75, 3.05) is 5.32 Å². The first-order chi connectivity index (χ1) is 15.0. The summed E-state index contributed by atoms with van der Waals surface area (Å²) in [6.07, 6.45) is -1.24. The molecule has 0 bridgehead atoms. The number of hydrogen-bond donors (Lipinski definition) is 1. The maximum atomic E-state index is 13.7. The molecule has 1 amide bonds. The minimum absolute atomic E-state index is 0.229. The molecule has 31 heavy (non-hydrogen) atoms. The van der Waals surface area contributed by atoms with Gasteiger partial charge in [-0.1, -0.05) is 36.4 Å². The van der Waals surface area contributed by atoms with E-state index in [1.54, 1.807) is 12.1 Å². The number of esters is 1. The number of rotatable bonds is 6. The molecule has 0 spiro atoms. The molecule has 0 radical (unpaired) electrons. The second-order valence-electron chi connectivity index (χ2n) is 7.38. The van der Waals surface area contributed by atoms with Crippen LogP contribution in [0, 0.1) is 5.82 Å². The van der Waals surface area contributed by atoms with Crippen LogP contribution < -0.4 is 5.32 Å². The number of halogens is 1. The minimum Gasteiger partial charge on any atom is -0.452 e. The lowest BCUT2D eigenvalue weighted by Crippen LogP contribution is -2.30. The third-order valence-electron chi connectivity index (χ3n) is 5.33. The molecule has 1 atom stereocenters. The Morgan fingerprint density at radius 2 is 1.71 bits per heavy atom. The third-order valence-corrected chi connectivity index (χ3v) is 5.33. The van der Waals surface area contributed by atoms with Crippen LogP contribution in [0.5, 0.6) is 0 Å². The summed E-state index contributed by atoms with van der Waals surface area (Å²) in [5, 5.41) is 4.96. The normalized spacial score (nSPS) is 12.1. The maximum absolute atomic E-state index is 13.7. The summed E-state index contributed by atoms with van der Waals surface area (Å²) in [4.78, 5) is 24.7. The predicted molar refractivity (Wildman–Crippen MR) is 119 cm³/mol. The molecule has 0 fully saturated rings. The van der Waals surface area contributed by atoms with Gasteiger partial charge in [0.15, 0.2) is 6.10 Å². The van der Waals surface area contributed by atoms with Crippen molar-refractivity contribution in [1.29, 1.82) is 0 Å². The average Bonchev–Trinajstić information content (AvgIpc) is 3.08. The quantitative estimate of drug-likeness (QED) is 0.445. The lowest BCUT2D eigenvalue weighted by molar-refractivity contribution is -0.152. The SMILES string of the molecule is CCn1c2ccccc2c2cc(NC(=O)C(C)OC(=O)Cc3ccccc3F)ccc21. The van der Waals surface area contributed by atoms with E-state index < -0.39 is 23.8 Å². The molecule has 1 aromatic heterocycles. The second kappa shape index (κ2) is 8.60. The standard InChI is InChI=1S/C25H23FN2O3/c1-3-28-22-11-7-5-9-19(22)20-15-18(12-13-23(20)28)27-25(30)16(2)31-24(29)14-17-8-4-6-10-21(17)26/h4-13,15-16H,3,14H2,1-2H3,(H,27,30). The van der Waals surface area contributed by atoms with Crippen molar-refractivity contribution < 1.29 is 18.7 Å². The maximum Gasteiger partial charge on any atom is 0.311 e. The second-order valence-corrected chi connectivity index (χ2v) is 7.38. The smallest absolute Gasteiger partial charge is 0.311 e. The molecule has 158 valence electrons. The number of fused-ring (bicyclic) bond motifs is 3. The van der Waals surface area contributed by atoms with Crippen molar-refractivity contribution in [2.45, 2.75) is 32.9 Å². The highest BCUT2D eigenvalue weighted by Gasteiger charge is 2.19. The Morgan fingerprint density at radius 3 is 2.48 bits per heavy atom. The topological polar surface area (TPSA) is 60.3 Å². The zero-order chi connectivity index (χ0) is 22.0. The van der Waals surface area contributed by atoms with Crippen LogP contribution in [0.1, 0.15) is 19.4 Å². The van der Waals surface area contributed by atoms with Crippen LogP contribution in [0.3, 0.4) is 0 Å². The Bertz CT molecular complexity index is 1280. The Kier molecular flexibility index (Phi) is 5.71. The molecule has 1 unspecified atom stereocenters. The van der Waals surface area contributed by atoms with E-state index in [9.17, 15) is 14.0 Å². The van der Waals surface area contributed by atoms with E-state index >= 15 is 0 Å². The number of carbonyl (C=O) groups is 2. The number of anilines is 1. The molecule has 0 saturated carbocycles. The number of para-hydroxylation sites is 1. The fraction of sp³-hybridized carbons (Fsp3) is 0.200. The van der Waals surface area contributed by atoms with Crippen molar-refractivity contribution in [3.8, 4) is 0 Å². The first-order valence-corrected chi connectivity index (χ1v) is 10.2. The van der Waals surface area contributed by atoms with Gasteiger partial charge >= 0.3 is 5.97 Å². The molecule has 0 saturated heterocycles. The number of nitrogens with zero attached hydrogens (tertiary/aromatic N) is 1.